The number of hydrogen-bond donors (Lipinski definition) is 0. The Bertz CT molecular complexity index is 4050. The van der Waals surface area contributed by atoms with Gasteiger partial charge in [0.15, 0.2) is 0 Å². The number of alkyl halides is 6. The molecule has 13 nitrogen and oxygen atoms in total. The lowest BCUT2D eigenvalue weighted by Crippen LogP contribution is -2.69. The molecule has 17 aliphatic heterocycles. The van der Waals surface area contributed by atoms with Crippen molar-refractivity contribution in [1.82, 2.24) is 63.7 Å². The van der Waals surface area contributed by atoms with Gasteiger partial charge in [0.2, 0.25) is 5.92 Å². The molecule has 0 radical (unpaired) electrons. The molecule has 0 N–H and O–H groups in total. The van der Waals surface area contributed by atoms with Crippen LogP contribution in [0.15, 0.2) is 0 Å². The second-order valence-electron chi connectivity index (χ2n) is 68.4. The standard InChI is InChI=1S/C12H23N.C11H19F2N.2C11H21N.C10H17F2N.4C10H19N.C9H15F2N.2C9H17N.C8H17N/c1-11(2,3)13-9-8-12(10-13)6-4-5-7-12;1-9(2,3)14-6-4-10(5-7-14)8-11(10,12)13;1-11(2,3)12-8-9-4-6-10(12)7-5-9;1-10(2,3)12-8-6-11(4-5-11)7-9-12;1-8(2,3)13-6-9(7-13)4-10(11,12)5-9;1-10(2,3)11-6-8-4-9(5-8)7-11;1-10(2,3)11-7-8-4-5-9(11)6-8;1-9(2,3)11-7-6-10(8-11)4-5-10;1-10(2,3)11-8-4-5-9(11)7-6-8;1-8(2,3)12-4-6-7(5-12)9(6,10)11;1-9(2,3)10-5-7-4-8(7)6-10;1-9(2,3)10-6-7-4-8(10)5-7;1-7-5-9(6-7)8(2,3)4/h4-10H2,1-3H3;4-8H2,1-3H3;9-10H,4-8H2,1-3H3;4-9H2,1-3H3;4-7H2,1-3H3;2*8-9H,4-7H2,1-3H3;4-8H2,1-3H3;8-9H,4-7H2,1-3H3;6-7H,4-5H2,1-3H3;2*7-8H,4-6H2,1-3H3;7H,5-6H2,1-4H3. The van der Waals surface area contributed by atoms with Crippen LogP contribution in [0, 0.1) is 86.3 Å². The van der Waals surface area contributed by atoms with Crippen LogP contribution in [0.25, 0.3) is 0 Å². The molecule has 0 amide bonds. The van der Waals surface area contributed by atoms with E-state index in [0.717, 1.165) is 120 Å². The maximum atomic E-state index is 13.1. The monoisotopic (exact) mass is 2100 g/mol. The summed E-state index contributed by atoms with van der Waals surface area (Å²) in [5.74, 6) is 0.609. The van der Waals surface area contributed by atoms with E-state index in [4.69, 9.17) is 0 Å². The first-order valence-corrected chi connectivity index (χ1v) is 62.8. The number of likely N-dealkylation sites (tertiary alicyclic amines) is 9. The van der Waals surface area contributed by atoms with E-state index in [1.807, 2.05) is 0 Å². The Balaban J connectivity index is 0.000000135. The van der Waals surface area contributed by atoms with Crippen molar-refractivity contribution < 1.29 is 26.3 Å². The zero-order chi connectivity index (χ0) is 111. The van der Waals surface area contributed by atoms with Crippen LogP contribution in [0.5, 0.6) is 0 Å². The van der Waals surface area contributed by atoms with Crippen molar-refractivity contribution in [3.8, 4) is 0 Å². The molecule has 11 aliphatic carbocycles. The number of piperidine rings is 9. The third-order valence-electron chi connectivity index (χ3n) is 42.6. The van der Waals surface area contributed by atoms with Gasteiger partial charge in [0.25, 0.3) is 11.8 Å². The second-order valence-corrected chi connectivity index (χ2v) is 68.4. The molecule has 10 bridgehead atoms. The zero-order valence-electron chi connectivity index (χ0n) is 105. The Morgan fingerprint density at radius 3 is 0.772 bits per heavy atom. The smallest absolute Gasteiger partial charge is 0.257 e. The highest BCUT2D eigenvalue weighted by molar-refractivity contribution is 5.16. The van der Waals surface area contributed by atoms with Gasteiger partial charge in [-0.05, 0) is 553 Å². The summed E-state index contributed by atoms with van der Waals surface area (Å²) < 4.78 is 77.0. The quantitative estimate of drug-likeness (QED) is 0.217. The molecule has 17 heterocycles. The fraction of sp³-hybridized carbons (Fsp3) is 1.00. The summed E-state index contributed by atoms with van der Waals surface area (Å²) in [5, 5.41) is 0. The SMILES string of the molecule is CC(C)(C)N1C2CCC1CC2.CC(C)(C)N1CC2(C1)CC(F)(F)C2.CC(C)(C)N1CC2C(C1)C2(F)F.CC(C)(C)N1CC2CC(C2)C1.CC(C)(C)N1CC2CC1C2.CC(C)(C)N1CC2CC2C1.CC(C)(C)N1CC2CCC1C2.CC(C)(C)N1CC2CCC1CC2.CC(C)(C)N1CCC2(CC1)CC2.CC(C)(C)N1CCC2(CC1)CC2(F)F.CC(C)(C)N1CCC2(CC2)C1.CC(C)(C)N1CCC2(CCCC2)C1.CC1CN(C(C)(C)C)C1. The number of fused-ring (bicyclic) bond motifs is 12. The van der Waals surface area contributed by atoms with Gasteiger partial charge in [-0.2, -0.15) is 0 Å². The van der Waals surface area contributed by atoms with Crippen LogP contribution < -0.4 is 0 Å². The molecule has 28 aliphatic rings. The molecule has 149 heavy (non-hydrogen) atoms. The Morgan fingerprint density at radius 2 is 0.510 bits per heavy atom. The Morgan fingerprint density at radius 1 is 0.215 bits per heavy atom. The normalized spacial score (nSPS) is 34.2. The van der Waals surface area contributed by atoms with E-state index < -0.39 is 23.2 Å². The lowest BCUT2D eigenvalue weighted by molar-refractivity contribution is -0.227. The second kappa shape index (κ2) is 45.3. The first-order valence-electron chi connectivity index (χ1n) is 62.8. The van der Waals surface area contributed by atoms with Gasteiger partial charge >= 0.3 is 0 Å². The molecule has 11 saturated carbocycles. The van der Waals surface area contributed by atoms with E-state index >= 15 is 0 Å². The first kappa shape index (κ1) is 125. The van der Waals surface area contributed by atoms with Crippen LogP contribution >= 0.6 is 0 Å². The lowest BCUT2D eigenvalue weighted by atomic mass is 9.60. The van der Waals surface area contributed by atoms with E-state index in [-0.39, 0.29) is 53.1 Å². The molecule has 5 spiro atoms. The zero-order valence-corrected chi connectivity index (χ0v) is 105. The molecule has 0 aromatic carbocycles. The summed E-state index contributed by atoms with van der Waals surface area (Å²) in [7, 11) is 0. The van der Waals surface area contributed by atoms with Gasteiger partial charge < -0.3 is 0 Å². The average molecular weight is 2100 g/mol. The van der Waals surface area contributed by atoms with Gasteiger partial charge in [0.05, 0.1) is 0 Å². The lowest BCUT2D eigenvalue weighted by Gasteiger charge is -2.62. The fourth-order valence-corrected chi connectivity index (χ4v) is 31.2. The molecule has 6 unspecified atom stereocenters. The van der Waals surface area contributed by atoms with E-state index in [2.05, 4.69) is 341 Å². The van der Waals surface area contributed by atoms with Crippen molar-refractivity contribution >= 4 is 0 Å². The Labute approximate surface area is 917 Å². The number of rotatable bonds is 0. The first-order chi connectivity index (χ1) is 67.8. The van der Waals surface area contributed by atoms with Crippen LogP contribution in [0.2, 0.25) is 0 Å². The predicted octanol–water partition coefficient (Wildman–Crippen LogP) is 30.2. The van der Waals surface area contributed by atoms with Crippen molar-refractivity contribution in [1.29, 1.82) is 0 Å². The molecule has 19 heteroatoms. The van der Waals surface area contributed by atoms with Crippen molar-refractivity contribution in [3.05, 3.63) is 0 Å². The largest absolute Gasteiger partial charge is 0.298 e. The molecule has 28 fully saturated rings. The number of hydrogen-bond acceptors (Lipinski definition) is 13. The third kappa shape index (κ3) is 33.0. The van der Waals surface area contributed by atoms with E-state index in [9.17, 15) is 26.3 Å². The summed E-state index contributed by atoms with van der Waals surface area (Å²) in [6, 6.07) is 4.65. The van der Waals surface area contributed by atoms with Crippen LogP contribution in [0.1, 0.15) is 489 Å². The third-order valence-corrected chi connectivity index (χ3v) is 42.6. The molecular formula is C130H243F6N13. The van der Waals surface area contributed by atoms with Gasteiger partial charge in [-0.1, -0.05) is 19.8 Å². The molecular weight excluding hydrogens is 1860 g/mol. The maximum absolute atomic E-state index is 13.1. The minimum Gasteiger partial charge on any atom is -0.298 e. The van der Waals surface area contributed by atoms with Gasteiger partial charge in [-0.25, -0.2) is 26.3 Å². The topological polar surface area (TPSA) is 42.1 Å². The number of halogens is 6. The van der Waals surface area contributed by atoms with Gasteiger partial charge in [0, 0.05) is 242 Å². The average Bonchev–Trinajstić information content (AvgIpc) is 1.57. The molecule has 28 rings (SSSR count). The van der Waals surface area contributed by atoms with Crippen LogP contribution in [0.3, 0.4) is 0 Å². The molecule has 17 saturated heterocycles. The molecule has 870 valence electrons. The highest BCUT2D eigenvalue weighted by atomic mass is 19.3. The highest BCUT2D eigenvalue weighted by Crippen LogP contribution is 2.67. The summed E-state index contributed by atoms with van der Waals surface area (Å²) in [4.78, 5) is 33.3. The Kier molecular flexibility index (Phi) is 38.0. The minimum absolute atomic E-state index is 0.0171. The van der Waals surface area contributed by atoms with Crippen LogP contribution in [-0.4, -0.2) is 321 Å². The minimum atomic E-state index is -2.36. The summed E-state index contributed by atoms with van der Waals surface area (Å²) in [5.41, 5.74) is 6.22. The maximum Gasteiger partial charge on any atom is 0.257 e. The Hall–Kier alpha value is -0.940. The van der Waals surface area contributed by atoms with Crippen molar-refractivity contribution in [2.24, 2.45) is 86.3 Å². The van der Waals surface area contributed by atoms with E-state index in [1.165, 1.54) is 278 Å². The van der Waals surface area contributed by atoms with Gasteiger partial charge in [-0.15, -0.1) is 0 Å². The number of nitrogens with zero attached hydrogens (tertiary/aromatic N) is 13. The molecule has 0 aromatic heterocycles. The summed E-state index contributed by atoms with van der Waals surface area (Å²) in [6.07, 6.45) is 43.3. The van der Waals surface area contributed by atoms with Crippen LogP contribution in [-0.2, 0) is 0 Å². The van der Waals surface area contributed by atoms with E-state index in [0.29, 0.717) is 81.3 Å². The van der Waals surface area contributed by atoms with Gasteiger partial charge in [-0.3, -0.25) is 63.7 Å². The van der Waals surface area contributed by atoms with Crippen molar-refractivity contribution in [2.75, 3.05) is 137 Å². The molecule has 6 atom stereocenters. The van der Waals surface area contributed by atoms with E-state index in [1.54, 1.807) is 0 Å². The highest BCUT2D eigenvalue weighted by Gasteiger charge is 2.73. The summed E-state index contributed by atoms with van der Waals surface area (Å²) >= 11 is 0. The van der Waals surface area contributed by atoms with Crippen molar-refractivity contribution in [2.45, 2.75) is 609 Å². The molecule has 0 aromatic rings. The predicted molar refractivity (Wildman–Crippen MR) is 622 cm³/mol. The van der Waals surface area contributed by atoms with Crippen LogP contribution in [0.4, 0.5) is 26.3 Å². The fourth-order valence-electron chi connectivity index (χ4n) is 31.2. The summed E-state index contributed by atoms with van der Waals surface area (Å²) in [6.45, 7) is 116. The van der Waals surface area contributed by atoms with Crippen molar-refractivity contribution in [3.63, 3.8) is 0 Å². The van der Waals surface area contributed by atoms with Gasteiger partial charge in [0.1, 0.15) is 0 Å².